The van der Waals surface area contributed by atoms with Crippen molar-refractivity contribution in [3.8, 4) is 0 Å². The second kappa shape index (κ2) is 5.63. The van der Waals surface area contributed by atoms with Crippen molar-refractivity contribution in [2.45, 2.75) is 43.7 Å². The van der Waals surface area contributed by atoms with Gasteiger partial charge >= 0.3 is 0 Å². The predicted octanol–water partition coefficient (Wildman–Crippen LogP) is 4.61. The van der Waals surface area contributed by atoms with E-state index in [1.54, 1.807) is 0 Å². The summed E-state index contributed by atoms with van der Waals surface area (Å²) in [6.07, 6.45) is 6.31. The quantitative estimate of drug-likeness (QED) is 0.768. The molecule has 2 aliphatic heterocycles. The fraction of sp³-hybridized carbons (Fsp3) is 0.333. The van der Waals surface area contributed by atoms with Gasteiger partial charge in [-0.1, -0.05) is 72.8 Å². The first kappa shape index (κ1) is 14.7. The van der Waals surface area contributed by atoms with Gasteiger partial charge in [-0.15, -0.1) is 0 Å². The SMILES string of the molecule is CC12C=CCC(c3ccccc3)(CC1OCc1ccccc1)O2. The Morgan fingerprint density at radius 1 is 1.04 bits per heavy atom. The number of hydrogen-bond acceptors (Lipinski definition) is 2. The summed E-state index contributed by atoms with van der Waals surface area (Å²) < 4.78 is 12.8. The highest BCUT2D eigenvalue weighted by Gasteiger charge is 2.55. The van der Waals surface area contributed by atoms with E-state index in [0.717, 1.165) is 12.8 Å². The summed E-state index contributed by atoms with van der Waals surface area (Å²) >= 11 is 0. The molecule has 3 atom stereocenters. The molecule has 0 spiro atoms. The Labute approximate surface area is 137 Å². The van der Waals surface area contributed by atoms with E-state index < -0.39 is 0 Å². The van der Waals surface area contributed by atoms with E-state index in [1.165, 1.54) is 11.1 Å². The van der Waals surface area contributed by atoms with Crippen LogP contribution in [0.25, 0.3) is 0 Å². The molecular weight excluding hydrogens is 284 g/mol. The molecule has 2 nitrogen and oxygen atoms in total. The number of hydrogen-bond donors (Lipinski definition) is 0. The average Bonchev–Trinajstić information content (AvgIpc) is 2.80. The van der Waals surface area contributed by atoms with E-state index in [9.17, 15) is 0 Å². The van der Waals surface area contributed by atoms with Gasteiger partial charge in [-0.2, -0.15) is 0 Å². The molecule has 1 fully saturated rings. The summed E-state index contributed by atoms with van der Waals surface area (Å²) in [5.41, 5.74) is 1.87. The van der Waals surface area contributed by atoms with Crippen molar-refractivity contribution in [1.29, 1.82) is 0 Å². The molecule has 2 bridgehead atoms. The van der Waals surface area contributed by atoms with Crippen LogP contribution in [0.3, 0.4) is 0 Å². The molecule has 2 heteroatoms. The Balaban J connectivity index is 1.57. The van der Waals surface area contributed by atoms with Crippen LogP contribution in [0.5, 0.6) is 0 Å². The monoisotopic (exact) mass is 306 g/mol. The van der Waals surface area contributed by atoms with E-state index in [1.807, 2.05) is 6.07 Å². The van der Waals surface area contributed by atoms with Crippen LogP contribution in [0.15, 0.2) is 72.8 Å². The van der Waals surface area contributed by atoms with Gasteiger partial charge in [0.15, 0.2) is 0 Å². The molecule has 1 saturated heterocycles. The van der Waals surface area contributed by atoms with Crippen molar-refractivity contribution in [3.63, 3.8) is 0 Å². The molecule has 3 unspecified atom stereocenters. The van der Waals surface area contributed by atoms with E-state index in [0.29, 0.717) is 6.61 Å². The summed E-state index contributed by atoms with van der Waals surface area (Å²) in [4.78, 5) is 0. The van der Waals surface area contributed by atoms with Crippen molar-refractivity contribution >= 4 is 0 Å². The molecule has 2 aliphatic rings. The van der Waals surface area contributed by atoms with E-state index in [-0.39, 0.29) is 17.3 Å². The van der Waals surface area contributed by atoms with Crippen molar-refractivity contribution in [1.82, 2.24) is 0 Å². The Morgan fingerprint density at radius 2 is 1.74 bits per heavy atom. The fourth-order valence-electron chi connectivity index (χ4n) is 3.81. The maximum Gasteiger partial charge on any atom is 0.111 e. The van der Waals surface area contributed by atoms with Crippen molar-refractivity contribution in [2.24, 2.45) is 0 Å². The second-order valence-corrected chi connectivity index (χ2v) is 6.74. The molecule has 23 heavy (non-hydrogen) atoms. The van der Waals surface area contributed by atoms with Crippen LogP contribution in [0.2, 0.25) is 0 Å². The Morgan fingerprint density at radius 3 is 2.48 bits per heavy atom. The smallest absolute Gasteiger partial charge is 0.111 e. The zero-order chi connectivity index (χ0) is 15.8. The summed E-state index contributed by atoms with van der Waals surface area (Å²) in [5.74, 6) is 0. The molecule has 0 aliphatic carbocycles. The molecule has 2 heterocycles. The van der Waals surface area contributed by atoms with E-state index in [4.69, 9.17) is 9.47 Å². The Bertz CT molecular complexity index is 694. The minimum Gasteiger partial charge on any atom is -0.370 e. The highest BCUT2D eigenvalue weighted by atomic mass is 16.6. The minimum atomic E-state index is -0.344. The average molecular weight is 306 g/mol. The summed E-state index contributed by atoms with van der Waals surface area (Å²) in [7, 11) is 0. The number of fused-ring (bicyclic) bond motifs is 2. The lowest BCUT2D eigenvalue weighted by atomic mass is 9.87. The van der Waals surface area contributed by atoms with Crippen LogP contribution in [-0.4, -0.2) is 11.7 Å². The standard InChI is InChI=1S/C21H22O2/c1-20-13-8-14-21(23-20,18-11-6-3-7-12-18)15-19(20)22-16-17-9-4-2-5-10-17/h2-13,19H,14-16H2,1H3. The minimum absolute atomic E-state index is 0.0710. The van der Waals surface area contributed by atoms with Crippen LogP contribution >= 0.6 is 0 Å². The summed E-state index contributed by atoms with van der Waals surface area (Å²) in [6, 6.07) is 20.9. The zero-order valence-corrected chi connectivity index (χ0v) is 13.4. The van der Waals surface area contributed by atoms with E-state index >= 15 is 0 Å². The van der Waals surface area contributed by atoms with Gasteiger partial charge in [0.1, 0.15) is 11.2 Å². The van der Waals surface area contributed by atoms with Gasteiger partial charge in [-0.25, -0.2) is 0 Å². The third kappa shape index (κ3) is 2.62. The summed E-state index contributed by atoms with van der Waals surface area (Å²) in [5, 5.41) is 0. The topological polar surface area (TPSA) is 18.5 Å². The molecular formula is C21H22O2. The third-order valence-corrected chi connectivity index (χ3v) is 5.06. The first-order valence-electron chi connectivity index (χ1n) is 8.29. The molecule has 4 rings (SSSR count). The summed E-state index contributed by atoms with van der Waals surface area (Å²) in [6.45, 7) is 2.77. The van der Waals surface area contributed by atoms with Gasteiger partial charge < -0.3 is 9.47 Å². The van der Waals surface area contributed by atoms with Crippen molar-refractivity contribution in [3.05, 3.63) is 83.9 Å². The van der Waals surface area contributed by atoms with Crippen LogP contribution in [0.4, 0.5) is 0 Å². The molecule has 0 N–H and O–H groups in total. The molecule has 2 aromatic carbocycles. The van der Waals surface area contributed by atoms with Gasteiger partial charge in [0, 0.05) is 6.42 Å². The van der Waals surface area contributed by atoms with Crippen molar-refractivity contribution in [2.75, 3.05) is 0 Å². The first-order valence-corrected chi connectivity index (χ1v) is 8.29. The van der Waals surface area contributed by atoms with Gasteiger partial charge in [0.2, 0.25) is 0 Å². The number of ether oxygens (including phenoxy) is 2. The molecule has 0 radical (unpaired) electrons. The molecule has 118 valence electrons. The fourth-order valence-corrected chi connectivity index (χ4v) is 3.81. The Hall–Kier alpha value is -1.90. The van der Waals surface area contributed by atoms with Gasteiger partial charge in [-0.05, 0) is 24.5 Å². The number of rotatable bonds is 4. The second-order valence-electron chi connectivity index (χ2n) is 6.74. The van der Waals surface area contributed by atoms with Gasteiger partial charge in [0.05, 0.1) is 12.7 Å². The maximum atomic E-state index is 6.55. The normalized spacial score (nSPS) is 32.1. The van der Waals surface area contributed by atoms with Crippen LogP contribution < -0.4 is 0 Å². The van der Waals surface area contributed by atoms with E-state index in [2.05, 4.69) is 73.7 Å². The van der Waals surface area contributed by atoms with Gasteiger partial charge in [-0.3, -0.25) is 0 Å². The molecule has 0 saturated carbocycles. The van der Waals surface area contributed by atoms with Gasteiger partial charge in [0.25, 0.3) is 0 Å². The lowest BCUT2D eigenvalue weighted by molar-refractivity contribution is -0.110. The lowest BCUT2D eigenvalue weighted by Gasteiger charge is -2.35. The largest absolute Gasteiger partial charge is 0.370 e. The highest BCUT2D eigenvalue weighted by Crippen LogP contribution is 2.51. The molecule has 0 aromatic heterocycles. The maximum absolute atomic E-state index is 6.55. The van der Waals surface area contributed by atoms with Crippen LogP contribution in [-0.2, 0) is 21.7 Å². The molecule has 0 amide bonds. The highest BCUT2D eigenvalue weighted by molar-refractivity contribution is 5.31. The zero-order valence-electron chi connectivity index (χ0n) is 13.4. The van der Waals surface area contributed by atoms with Crippen LogP contribution in [0.1, 0.15) is 30.9 Å². The predicted molar refractivity (Wildman–Crippen MR) is 91.0 cm³/mol. The lowest BCUT2D eigenvalue weighted by Crippen LogP contribution is -2.38. The first-order chi connectivity index (χ1) is 11.2. The number of benzene rings is 2. The third-order valence-electron chi connectivity index (χ3n) is 5.06. The van der Waals surface area contributed by atoms with Crippen molar-refractivity contribution < 1.29 is 9.47 Å². The van der Waals surface area contributed by atoms with Crippen LogP contribution in [0, 0.1) is 0 Å². The Kier molecular flexibility index (Phi) is 3.59. The molecule has 2 aromatic rings.